The molecule has 23 heavy (non-hydrogen) atoms. The number of aliphatic hydroxyl groups excluding tert-OH is 1. The topological polar surface area (TPSA) is 91.2 Å². The zero-order valence-corrected chi connectivity index (χ0v) is 13.0. The van der Waals surface area contributed by atoms with Crippen molar-refractivity contribution in [1.29, 1.82) is 0 Å². The van der Waals surface area contributed by atoms with Gasteiger partial charge in [0.25, 0.3) is 5.91 Å². The van der Waals surface area contributed by atoms with Crippen LogP contribution in [0.4, 0.5) is 0 Å². The highest BCUT2D eigenvalue weighted by Gasteiger charge is 2.31. The molecule has 1 unspecified atom stereocenters. The summed E-state index contributed by atoms with van der Waals surface area (Å²) in [6, 6.07) is 4.98. The van der Waals surface area contributed by atoms with Gasteiger partial charge in [0.05, 0.1) is 19.2 Å². The van der Waals surface area contributed by atoms with Gasteiger partial charge in [0.15, 0.2) is 0 Å². The summed E-state index contributed by atoms with van der Waals surface area (Å²) in [5.74, 6) is 0.0977. The van der Waals surface area contributed by atoms with Crippen LogP contribution in [-0.2, 0) is 9.59 Å². The van der Waals surface area contributed by atoms with Gasteiger partial charge in [0.2, 0.25) is 5.91 Å². The Labute approximate surface area is 137 Å². The molecule has 1 atom stereocenters. The lowest BCUT2D eigenvalue weighted by Crippen LogP contribution is -2.41. The first-order chi connectivity index (χ1) is 11.1. The number of β-amino-alcohol motifs (C(OH)–C–C–N with tert-alkyl or cyclic N) is 1. The fourth-order valence-electron chi connectivity index (χ4n) is 2.63. The summed E-state index contributed by atoms with van der Waals surface area (Å²) in [5, 5.41) is 17.5. The first-order valence-electron chi connectivity index (χ1n) is 7.31. The van der Waals surface area contributed by atoms with Crippen molar-refractivity contribution in [3.63, 3.8) is 0 Å². The van der Waals surface area contributed by atoms with E-state index in [0.717, 1.165) is 10.6 Å². The number of halogens is 1. The number of rotatable bonds is 4. The smallest absolute Gasteiger partial charge is 0.268 e. The number of hydrogen-bond acceptors (Lipinski definition) is 5. The molecular formula is C15H16ClN3O4. The Balaban J connectivity index is 1.74. The second kappa shape index (κ2) is 6.55. The van der Waals surface area contributed by atoms with Crippen LogP contribution < -0.4 is 10.1 Å². The standard InChI is InChI=1S/C15H16ClN3O4/c16-9-2-1-3-12-14(9)11(8-23-12)17-15(22)10-4-5-13(21)19(18-10)6-7-20/h1-3,11,20H,4-8H2,(H,17,22). The van der Waals surface area contributed by atoms with Crippen molar-refractivity contribution < 1.29 is 19.4 Å². The maximum atomic E-state index is 12.4. The monoisotopic (exact) mass is 337 g/mol. The summed E-state index contributed by atoms with van der Waals surface area (Å²) in [5.41, 5.74) is 1.01. The van der Waals surface area contributed by atoms with Gasteiger partial charge < -0.3 is 15.2 Å². The van der Waals surface area contributed by atoms with E-state index in [2.05, 4.69) is 10.4 Å². The minimum absolute atomic E-state index is 0.0802. The van der Waals surface area contributed by atoms with Gasteiger partial charge in [-0.05, 0) is 12.1 Å². The first-order valence-corrected chi connectivity index (χ1v) is 7.68. The van der Waals surface area contributed by atoms with Crippen LogP contribution in [0.25, 0.3) is 0 Å². The number of ether oxygens (including phenoxy) is 1. The van der Waals surface area contributed by atoms with E-state index in [1.807, 2.05) is 0 Å². The summed E-state index contributed by atoms with van der Waals surface area (Å²) >= 11 is 6.17. The SMILES string of the molecule is O=C(NC1COc2cccc(Cl)c21)C1=NN(CCO)C(=O)CC1. The number of hydrazone groups is 1. The van der Waals surface area contributed by atoms with Crippen molar-refractivity contribution in [3.05, 3.63) is 28.8 Å². The van der Waals surface area contributed by atoms with E-state index in [1.54, 1.807) is 18.2 Å². The van der Waals surface area contributed by atoms with Crippen molar-refractivity contribution in [2.75, 3.05) is 19.8 Å². The molecular weight excluding hydrogens is 322 g/mol. The van der Waals surface area contributed by atoms with Crippen molar-refractivity contribution >= 4 is 29.1 Å². The summed E-state index contributed by atoms with van der Waals surface area (Å²) in [7, 11) is 0. The van der Waals surface area contributed by atoms with Gasteiger partial charge >= 0.3 is 0 Å². The van der Waals surface area contributed by atoms with E-state index in [0.29, 0.717) is 17.4 Å². The summed E-state index contributed by atoms with van der Waals surface area (Å²) in [6.07, 6.45) is 0.473. The number of hydrogen-bond donors (Lipinski definition) is 2. The Morgan fingerprint density at radius 3 is 3.09 bits per heavy atom. The maximum absolute atomic E-state index is 12.4. The minimum Gasteiger partial charge on any atom is -0.491 e. The van der Waals surface area contributed by atoms with Crippen LogP contribution in [-0.4, -0.2) is 47.4 Å². The minimum atomic E-state index is -0.359. The average molecular weight is 338 g/mol. The molecule has 2 heterocycles. The van der Waals surface area contributed by atoms with Crippen LogP contribution in [0.1, 0.15) is 24.4 Å². The molecule has 7 nitrogen and oxygen atoms in total. The van der Waals surface area contributed by atoms with Crippen molar-refractivity contribution in [2.24, 2.45) is 5.10 Å². The normalized spacial score (nSPS) is 19.9. The molecule has 2 amide bonds. The van der Waals surface area contributed by atoms with E-state index in [1.165, 1.54) is 0 Å². The molecule has 1 aromatic rings. The molecule has 0 aliphatic carbocycles. The quantitative estimate of drug-likeness (QED) is 0.852. The highest BCUT2D eigenvalue weighted by molar-refractivity contribution is 6.39. The average Bonchev–Trinajstić information content (AvgIpc) is 2.94. The van der Waals surface area contributed by atoms with Gasteiger partial charge in [0, 0.05) is 23.4 Å². The molecule has 2 N–H and O–H groups in total. The molecule has 0 bridgehead atoms. The fraction of sp³-hybridized carbons (Fsp3) is 0.400. The lowest BCUT2D eigenvalue weighted by atomic mass is 10.1. The Kier molecular flexibility index (Phi) is 4.49. The van der Waals surface area contributed by atoms with Gasteiger partial charge in [-0.1, -0.05) is 17.7 Å². The molecule has 3 rings (SSSR count). The van der Waals surface area contributed by atoms with Crippen molar-refractivity contribution in [2.45, 2.75) is 18.9 Å². The third-order valence-corrected chi connectivity index (χ3v) is 4.08. The van der Waals surface area contributed by atoms with Gasteiger partial charge in [-0.3, -0.25) is 9.59 Å². The fourth-order valence-corrected chi connectivity index (χ4v) is 2.92. The highest BCUT2D eigenvalue weighted by Crippen LogP contribution is 2.37. The number of nitrogens with zero attached hydrogens (tertiary/aromatic N) is 2. The zero-order chi connectivity index (χ0) is 16.4. The van der Waals surface area contributed by atoms with Gasteiger partial charge in [-0.2, -0.15) is 5.10 Å². The summed E-state index contributed by atoms with van der Waals surface area (Å²) < 4.78 is 5.52. The van der Waals surface area contributed by atoms with Gasteiger partial charge in [-0.25, -0.2) is 5.01 Å². The Morgan fingerprint density at radius 2 is 2.30 bits per heavy atom. The number of nitrogens with one attached hydrogen (secondary N) is 1. The van der Waals surface area contributed by atoms with Crippen LogP contribution in [0.5, 0.6) is 5.75 Å². The number of fused-ring (bicyclic) bond motifs is 1. The largest absolute Gasteiger partial charge is 0.491 e. The summed E-state index contributed by atoms with van der Waals surface area (Å²) in [4.78, 5) is 24.0. The van der Waals surface area contributed by atoms with Crippen LogP contribution in [0, 0.1) is 0 Å². The second-order valence-corrected chi connectivity index (χ2v) is 5.68. The van der Waals surface area contributed by atoms with E-state index >= 15 is 0 Å². The Hall–Kier alpha value is -2.12. The third kappa shape index (κ3) is 3.16. The molecule has 2 aliphatic heterocycles. The van der Waals surface area contributed by atoms with E-state index < -0.39 is 0 Å². The Morgan fingerprint density at radius 1 is 1.48 bits per heavy atom. The number of benzene rings is 1. The highest BCUT2D eigenvalue weighted by atomic mass is 35.5. The molecule has 0 spiro atoms. The second-order valence-electron chi connectivity index (χ2n) is 5.28. The van der Waals surface area contributed by atoms with Gasteiger partial charge in [-0.15, -0.1) is 0 Å². The molecule has 0 saturated heterocycles. The maximum Gasteiger partial charge on any atom is 0.268 e. The number of aliphatic hydroxyl groups is 1. The van der Waals surface area contributed by atoms with Crippen LogP contribution >= 0.6 is 11.6 Å². The number of carbonyl (C=O) groups is 2. The summed E-state index contributed by atoms with van der Waals surface area (Å²) in [6.45, 7) is 0.178. The van der Waals surface area contributed by atoms with Crippen LogP contribution in [0.15, 0.2) is 23.3 Å². The predicted molar refractivity (Wildman–Crippen MR) is 83.3 cm³/mol. The van der Waals surface area contributed by atoms with E-state index in [9.17, 15) is 9.59 Å². The first kappa shape index (κ1) is 15.8. The lowest BCUT2D eigenvalue weighted by molar-refractivity contribution is -0.132. The molecule has 122 valence electrons. The van der Waals surface area contributed by atoms with E-state index in [-0.39, 0.29) is 49.6 Å². The van der Waals surface area contributed by atoms with Crippen LogP contribution in [0.2, 0.25) is 5.02 Å². The number of carbonyl (C=O) groups excluding carboxylic acids is 2. The molecule has 8 heteroatoms. The molecule has 0 aromatic heterocycles. The molecule has 1 aromatic carbocycles. The zero-order valence-electron chi connectivity index (χ0n) is 12.3. The Bertz CT molecular complexity index is 677. The molecule has 2 aliphatic rings. The van der Waals surface area contributed by atoms with Crippen molar-refractivity contribution in [1.82, 2.24) is 10.3 Å². The number of amides is 2. The molecule has 0 radical (unpaired) electrons. The molecule has 0 saturated carbocycles. The third-order valence-electron chi connectivity index (χ3n) is 3.75. The van der Waals surface area contributed by atoms with Gasteiger partial charge in [0.1, 0.15) is 18.1 Å². The molecule has 0 fully saturated rings. The lowest BCUT2D eigenvalue weighted by Gasteiger charge is -2.23. The van der Waals surface area contributed by atoms with Crippen molar-refractivity contribution in [3.8, 4) is 5.75 Å². The van der Waals surface area contributed by atoms with Crippen LogP contribution in [0.3, 0.4) is 0 Å². The van der Waals surface area contributed by atoms with E-state index in [4.69, 9.17) is 21.4 Å². The predicted octanol–water partition coefficient (Wildman–Crippen LogP) is 0.860.